The third-order valence-corrected chi connectivity index (χ3v) is 6.43. The summed E-state index contributed by atoms with van der Waals surface area (Å²) in [6.45, 7) is 4.46. The Balaban J connectivity index is 1.23. The molecule has 0 spiro atoms. The highest BCUT2D eigenvalue weighted by Crippen LogP contribution is 2.31. The molecule has 0 bridgehead atoms. The Bertz CT molecular complexity index is 1290. The summed E-state index contributed by atoms with van der Waals surface area (Å²) in [4.78, 5) is 13.9. The third kappa shape index (κ3) is 4.90. The van der Waals surface area contributed by atoms with Crippen LogP contribution in [0.4, 0.5) is 4.39 Å². The van der Waals surface area contributed by atoms with Gasteiger partial charge in [0.1, 0.15) is 17.2 Å². The van der Waals surface area contributed by atoms with E-state index >= 15 is 0 Å². The normalized spacial score (nSPS) is 14.3. The number of benzene rings is 3. The van der Waals surface area contributed by atoms with Gasteiger partial charge >= 0.3 is 5.97 Å². The fraction of sp³-hybridized carbons (Fsp3) is 0.276. The van der Waals surface area contributed by atoms with Gasteiger partial charge < -0.3 is 14.1 Å². The van der Waals surface area contributed by atoms with E-state index in [1.807, 2.05) is 49.4 Å². The molecule has 174 valence electrons. The summed E-state index contributed by atoms with van der Waals surface area (Å²) in [7, 11) is 0. The van der Waals surface area contributed by atoms with E-state index in [1.165, 1.54) is 5.56 Å². The molecule has 1 saturated heterocycles. The Morgan fingerprint density at radius 2 is 1.79 bits per heavy atom. The van der Waals surface area contributed by atoms with Crippen LogP contribution >= 0.6 is 0 Å². The molecule has 5 heteroatoms. The van der Waals surface area contributed by atoms with Crippen LogP contribution in [0.25, 0.3) is 22.3 Å². The van der Waals surface area contributed by atoms with Crippen LogP contribution in [0.2, 0.25) is 0 Å². The average molecular weight is 458 g/mol. The Kier molecular flexibility index (Phi) is 6.45. The Morgan fingerprint density at radius 1 is 1.00 bits per heavy atom. The van der Waals surface area contributed by atoms with Gasteiger partial charge in [0.25, 0.3) is 0 Å². The van der Waals surface area contributed by atoms with E-state index in [1.54, 1.807) is 12.1 Å². The number of rotatable bonds is 8. The summed E-state index contributed by atoms with van der Waals surface area (Å²) in [6.07, 6.45) is 1.56. The van der Waals surface area contributed by atoms with Crippen molar-refractivity contribution < 1.29 is 18.3 Å². The second kappa shape index (κ2) is 9.82. The average Bonchev–Trinajstić information content (AvgIpc) is 3.22. The SMILES string of the molecule is CCOC(=O)C1CN(CCc2ccc(-c3cc4ccc(Cc5ccccc5)cc4o3)c(F)c2)C1. The number of carbonyl (C=O) groups excluding carboxylic acids is 1. The summed E-state index contributed by atoms with van der Waals surface area (Å²) in [5.41, 5.74) is 4.57. The first-order valence-corrected chi connectivity index (χ1v) is 11.8. The van der Waals surface area contributed by atoms with Gasteiger partial charge in [-0.15, -0.1) is 0 Å². The smallest absolute Gasteiger partial charge is 0.311 e. The fourth-order valence-electron chi connectivity index (χ4n) is 4.51. The van der Waals surface area contributed by atoms with Gasteiger partial charge in [-0.25, -0.2) is 4.39 Å². The van der Waals surface area contributed by atoms with Crippen molar-refractivity contribution in [3.05, 3.63) is 95.3 Å². The minimum absolute atomic E-state index is 0.0274. The first-order chi connectivity index (χ1) is 16.6. The molecule has 0 N–H and O–H groups in total. The van der Waals surface area contributed by atoms with E-state index in [0.29, 0.717) is 31.0 Å². The molecule has 4 nitrogen and oxygen atoms in total. The minimum atomic E-state index is -0.283. The van der Waals surface area contributed by atoms with E-state index in [-0.39, 0.29) is 17.7 Å². The highest BCUT2D eigenvalue weighted by atomic mass is 19.1. The lowest BCUT2D eigenvalue weighted by Crippen LogP contribution is -2.51. The molecule has 1 aromatic heterocycles. The van der Waals surface area contributed by atoms with Gasteiger partial charge in [-0.1, -0.05) is 48.5 Å². The highest BCUT2D eigenvalue weighted by molar-refractivity contribution is 5.83. The Morgan fingerprint density at radius 3 is 2.56 bits per heavy atom. The molecule has 2 heterocycles. The number of fused-ring (bicyclic) bond motifs is 1. The summed E-state index contributed by atoms with van der Waals surface area (Å²) >= 11 is 0. The summed E-state index contributed by atoms with van der Waals surface area (Å²) in [5.74, 6) is 0.109. The van der Waals surface area contributed by atoms with Crippen LogP contribution in [-0.2, 0) is 22.4 Å². The van der Waals surface area contributed by atoms with Gasteiger partial charge in [0, 0.05) is 25.0 Å². The van der Waals surface area contributed by atoms with Gasteiger partial charge in [-0.2, -0.15) is 0 Å². The number of carbonyl (C=O) groups is 1. The van der Waals surface area contributed by atoms with Crippen LogP contribution < -0.4 is 0 Å². The number of esters is 1. The maximum atomic E-state index is 15.0. The summed E-state index contributed by atoms with van der Waals surface area (Å²) in [6, 6.07) is 23.7. The first-order valence-electron chi connectivity index (χ1n) is 11.8. The van der Waals surface area contributed by atoms with Crippen LogP contribution in [0, 0.1) is 11.7 Å². The number of nitrogens with zero attached hydrogens (tertiary/aromatic N) is 1. The monoisotopic (exact) mass is 457 g/mol. The molecule has 0 unspecified atom stereocenters. The predicted octanol–water partition coefficient (Wildman–Crippen LogP) is 5.87. The van der Waals surface area contributed by atoms with Gasteiger partial charge in [0.05, 0.1) is 18.1 Å². The minimum Gasteiger partial charge on any atom is -0.466 e. The second-order valence-electron chi connectivity index (χ2n) is 8.92. The number of likely N-dealkylation sites (tertiary alicyclic amines) is 1. The zero-order chi connectivity index (χ0) is 23.5. The maximum absolute atomic E-state index is 15.0. The fourth-order valence-corrected chi connectivity index (χ4v) is 4.51. The lowest BCUT2D eigenvalue weighted by atomic mass is 9.99. The predicted molar refractivity (Wildman–Crippen MR) is 131 cm³/mol. The number of hydrogen-bond donors (Lipinski definition) is 0. The maximum Gasteiger partial charge on any atom is 0.311 e. The van der Waals surface area contributed by atoms with Crippen LogP contribution in [0.15, 0.2) is 77.2 Å². The molecule has 5 rings (SSSR count). The lowest BCUT2D eigenvalue weighted by molar-refractivity contribution is -0.153. The van der Waals surface area contributed by atoms with E-state index in [0.717, 1.165) is 41.5 Å². The van der Waals surface area contributed by atoms with Crippen molar-refractivity contribution in [2.24, 2.45) is 5.92 Å². The van der Waals surface area contributed by atoms with Crippen LogP contribution in [0.3, 0.4) is 0 Å². The number of halogens is 1. The van der Waals surface area contributed by atoms with Crippen LogP contribution in [-0.4, -0.2) is 37.1 Å². The molecule has 1 aliphatic heterocycles. The summed E-state index contributed by atoms with van der Waals surface area (Å²) in [5, 5.41) is 0.962. The topological polar surface area (TPSA) is 42.7 Å². The number of furan rings is 1. The number of hydrogen-bond acceptors (Lipinski definition) is 4. The van der Waals surface area contributed by atoms with Gasteiger partial charge in [-0.3, -0.25) is 4.79 Å². The molecule has 34 heavy (non-hydrogen) atoms. The van der Waals surface area contributed by atoms with Crippen molar-refractivity contribution in [1.82, 2.24) is 4.90 Å². The molecule has 0 amide bonds. The van der Waals surface area contributed by atoms with Crippen molar-refractivity contribution in [1.29, 1.82) is 0 Å². The van der Waals surface area contributed by atoms with Crippen LogP contribution in [0.1, 0.15) is 23.6 Å². The van der Waals surface area contributed by atoms with E-state index < -0.39 is 0 Å². The molecule has 0 saturated carbocycles. The Hall–Kier alpha value is -3.44. The van der Waals surface area contributed by atoms with E-state index in [4.69, 9.17) is 9.15 Å². The van der Waals surface area contributed by atoms with Crippen molar-refractivity contribution in [2.75, 3.05) is 26.2 Å². The van der Waals surface area contributed by atoms with Crippen molar-refractivity contribution in [2.45, 2.75) is 19.8 Å². The van der Waals surface area contributed by atoms with Gasteiger partial charge in [-0.05, 0) is 60.7 Å². The Labute approximate surface area is 199 Å². The van der Waals surface area contributed by atoms with Gasteiger partial charge in [0.2, 0.25) is 0 Å². The first kappa shape index (κ1) is 22.4. The molecular formula is C29H28FNO3. The molecule has 3 aromatic carbocycles. The molecule has 1 fully saturated rings. The number of ether oxygens (including phenoxy) is 1. The van der Waals surface area contributed by atoms with E-state index in [9.17, 15) is 9.18 Å². The molecular weight excluding hydrogens is 429 g/mol. The second-order valence-corrected chi connectivity index (χ2v) is 8.92. The molecule has 0 atom stereocenters. The largest absolute Gasteiger partial charge is 0.466 e. The molecule has 0 radical (unpaired) electrons. The third-order valence-electron chi connectivity index (χ3n) is 6.43. The quantitative estimate of drug-likeness (QED) is 0.311. The highest BCUT2D eigenvalue weighted by Gasteiger charge is 2.33. The standard InChI is InChI=1S/C29H28FNO3/c1-2-33-29(32)24-18-31(19-24)13-12-21-9-11-25(26(30)15-21)28-17-23-10-8-22(16-27(23)34-28)14-20-6-4-3-5-7-20/h3-11,15-17,24H,2,12-14,18-19H2,1H3. The molecule has 1 aliphatic rings. The van der Waals surface area contributed by atoms with Crippen molar-refractivity contribution in [3.63, 3.8) is 0 Å². The lowest BCUT2D eigenvalue weighted by Gasteiger charge is -2.37. The van der Waals surface area contributed by atoms with Crippen molar-refractivity contribution in [3.8, 4) is 11.3 Å². The van der Waals surface area contributed by atoms with Crippen molar-refractivity contribution >= 4 is 16.9 Å². The molecule has 4 aromatic rings. The van der Waals surface area contributed by atoms with Gasteiger partial charge in [0.15, 0.2) is 0 Å². The molecule has 0 aliphatic carbocycles. The zero-order valence-electron chi connectivity index (χ0n) is 19.3. The summed E-state index contributed by atoms with van der Waals surface area (Å²) < 4.78 is 26.1. The van der Waals surface area contributed by atoms with Crippen LogP contribution in [0.5, 0.6) is 0 Å². The van der Waals surface area contributed by atoms with E-state index in [2.05, 4.69) is 23.1 Å². The zero-order valence-corrected chi connectivity index (χ0v) is 19.3.